The SMILES string of the molecule is CC(CO)OP1(=O)CCC(C)[C@]2(C)C[C@H]21. The van der Waals surface area contributed by atoms with Crippen LogP contribution in [0.3, 0.4) is 0 Å². The Morgan fingerprint density at radius 3 is 2.93 bits per heavy atom. The highest BCUT2D eigenvalue weighted by Crippen LogP contribution is 2.76. The topological polar surface area (TPSA) is 46.5 Å². The van der Waals surface area contributed by atoms with Gasteiger partial charge in [-0.25, -0.2) is 0 Å². The zero-order chi connectivity index (χ0) is 11.3. The minimum atomic E-state index is -2.47. The van der Waals surface area contributed by atoms with Crippen molar-refractivity contribution in [1.29, 1.82) is 0 Å². The van der Waals surface area contributed by atoms with E-state index in [1.807, 2.05) is 0 Å². The molecule has 4 heteroatoms. The first-order valence-corrected chi connectivity index (χ1v) is 7.68. The molecule has 1 heterocycles. The van der Waals surface area contributed by atoms with Crippen LogP contribution < -0.4 is 0 Å². The lowest BCUT2D eigenvalue weighted by Crippen LogP contribution is -2.24. The molecule has 2 rings (SSSR count). The van der Waals surface area contributed by atoms with Gasteiger partial charge in [-0.2, -0.15) is 0 Å². The van der Waals surface area contributed by atoms with Gasteiger partial charge < -0.3 is 9.63 Å². The van der Waals surface area contributed by atoms with Gasteiger partial charge >= 0.3 is 0 Å². The molecule has 1 saturated carbocycles. The molecule has 0 amide bonds. The highest BCUT2D eigenvalue weighted by atomic mass is 31.2. The van der Waals surface area contributed by atoms with Crippen LogP contribution in [0.25, 0.3) is 0 Å². The summed E-state index contributed by atoms with van der Waals surface area (Å²) < 4.78 is 18.2. The van der Waals surface area contributed by atoms with Crippen LogP contribution in [0, 0.1) is 11.3 Å². The summed E-state index contributed by atoms with van der Waals surface area (Å²) in [6.07, 6.45) is 2.47. The van der Waals surface area contributed by atoms with Gasteiger partial charge in [0.15, 0.2) is 0 Å². The minimum absolute atomic E-state index is 0.0387. The van der Waals surface area contributed by atoms with Crippen molar-refractivity contribution in [3.8, 4) is 0 Å². The molecule has 1 saturated heterocycles. The molecular weight excluding hydrogens is 211 g/mol. The Labute approximate surface area is 91.7 Å². The molecule has 3 unspecified atom stereocenters. The molecule has 2 aliphatic rings. The first kappa shape index (κ1) is 11.6. The molecule has 0 aromatic rings. The molecule has 0 bridgehead atoms. The molecule has 0 spiro atoms. The third-order valence-electron chi connectivity index (χ3n) is 4.32. The van der Waals surface area contributed by atoms with E-state index >= 15 is 0 Å². The van der Waals surface area contributed by atoms with Gasteiger partial charge in [-0.15, -0.1) is 0 Å². The number of aliphatic hydroxyl groups is 1. The fraction of sp³-hybridized carbons (Fsp3) is 1.00. The average molecular weight is 232 g/mol. The zero-order valence-electron chi connectivity index (χ0n) is 9.77. The van der Waals surface area contributed by atoms with Gasteiger partial charge in [0, 0.05) is 11.8 Å². The molecule has 1 aliphatic heterocycles. The third kappa shape index (κ3) is 1.79. The molecule has 2 fully saturated rings. The van der Waals surface area contributed by atoms with Crippen LogP contribution in [0.2, 0.25) is 0 Å². The van der Waals surface area contributed by atoms with Crippen molar-refractivity contribution >= 4 is 7.37 Å². The van der Waals surface area contributed by atoms with E-state index < -0.39 is 7.37 Å². The first-order chi connectivity index (χ1) is 6.92. The van der Waals surface area contributed by atoms with Crippen molar-refractivity contribution in [2.75, 3.05) is 12.8 Å². The lowest BCUT2D eigenvalue weighted by Gasteiger charge is -2.32. The van der Waals surface area contributed by atoms with E-state index in [-0.39, 0.29) is 23.8 Å². The molecule has 0 radical (unpaired) electrons. The van der Waals surface area contributed by atoms with Crippen LogP contribution in [-0.4, -0.2) is 29.6 Å². The average Bonchev–Trinajstić information content (AvgIpc) is 2.88. The van der Waals surface area contributed by atoms with Gasteiger partial charge in [0.05, 0.1) is 12.7 Å². The van der Waals surface area contributed by atoms with Crippen molar-refractivity contribution in [2.45, 2.75) is 45.4 Å². The Balaban J connectivity index is 2.09. The molecule has 1 aliphatic carbocycles. The van der Waals surface area contributed by atoms with Crippen LogP contribution in [0.5, 0.6) is 0 Å². The number of rotatable bonds is 3. The molecule has 5 atom stereocenters. The molecule has 0 aromatic carbocycles. The van der Waals surface area contributed by atoms with Crippen molar-refractivity contribution in [3.63, 3.8) is 0 Å². The van der Waals surface area contributed by atoms with Gasteiger partial charge in [-0.3, -0.25) is 4.57 Å². The standard InChI is InChI=1S/C11H21O3P/c1-8-4-5-15(13,14-9(2)7-12)10-6-11(8,10)3/h8-10,12H,4-7H2,1-3H3/t8?,9?,10-,11+,15?/m1/s1. The normalized spacial score (nSPS) is 50.9. The molecule has 15 heavy (non-hydrogen) atoms. The van der Waals surface area contributed by atoms with Gasteiger partial charge in [0.1, 0.15) is 0 Å². The quantitative estimate of drug-likeness (QED) is 0.760. The van der Waals surface area contributed by atoms with E-state index in [0.29, 0.717) is 12.1 Å². The summed E-state index contributed by atoms with van der Waals surface area (Å²) in [6, 6.07) is 0. The molecule has 3 nitrogen and oxygen atoms in total. The Morgan fingerprint density at radius 1 is 1.67 bits per heavy atom. The fourth-order valence-corrected chi connectivity index (χ4v) is 6.61. The van der Waals surface area contributed by atoms with E-state index in [1.54, 1.807) is 6.92 Å². The summed E-state index contributed by atoms with van der Waals surface area (Å²) in [7, 11) is -2.47. The third-order valence-corrected chi connectivity index (χ3v) is 7.64. The van der Waals surface area contributed by atoms with Crippen LogP contribution in [-0.2, 0) is 9.09 Å². The van der Waals surface area contributed by atoms with Crippen LogP contribution in [0.15, 0.2) is 0 Å². The van der Waals surface area contributed by atoms with Crippen molar-refractivity contribution in [1.82, 2.24) is 0 Å². The number of hydrogen-bond acceptors (Lipinski definition) is 3. The smallest absolute Gasteiger partial charge is 0.207 e. The van der Waals surface area contributed by atoms with Crippen LogP contribution >= 0.6 is 7.37 Å². The number of aliphatic hydroxyl groups excluding tert-OH is 1. The van der Waals surface area contributed by atoms with Crippen molar-refractivity contribution in [2.24, 2.45) is 11.3 Å². The molecule has 1 N–H and O–H groups in total. The molecule has 88 valence electrons. The van der Waals surface area contributed by atoms with Gasteiger partial charge in [0.2, 0.25) is 7.37 Å². The maximum absolute atomic E-state index is 12.6. The van der Waals surface area contributed by atoms with E-state index in [1.165, 1.54) is 0 Å². The second-order valence-electron chi connectivity index (χ2n) is 5.46. The summed E-state index contributed by atoms with van der Waals surface area (Å²) in [6.45, 7) is 6.22. The van der Waals surface area contributed by atoms with E-state index in [4.69, 9.17) is 9.63 Å². The van der Waals surface area contributed by atoms with Crippen molar-refractivity contribution < 1.29 is 14.2 Å². The highest BCUT2D eigenvalue weighted by Gasteiger charge is 2.65. The summed E-state index contributed by atoms with van der Waals surface area (Å²) >= 11 is 0. The maximum atomic E-state index is 12.6. The van der Waals surface area contributed by atoms with Crippen LogP contribution in [0.4, 0.5) is 0 Å². The Kier molecular flexibility index (Phi) is 2.77. The Bertz CT molecular complexity index is 304. The van der Waals surface area contributed by atoms with E-state index in [0.717, 1.165) is 12.8 Å². The predicted octanol–water partition coefficient (Wildman–Crippen LogP) is 2.48. The Morgan fingerprint density at radius 2 is 2.33 bits per heavy atom. The summed E-state index contributed by atoms with van der Waals surface area (Å²) in [5.74, 6) is 0.664. The summed E-state index contributed by atoms with van der Waals surface area (Å²) in [5, 5.41) is 8.95. The second-order valence-corrected chi connectivity index (χ2v) is 8.20. The highest BCUT2D eigenvalue weighted by molar-refractivity contribution is 7.60. The van der Waals surface area contributed by atoms with E-state index in [2.05, 4.69) is 13.8 Å². The summed E-state index contributed by atoms with van der Waals surface area (Å²) in [5.41, 5.74) is 0.519. The van der Waals surface area contributed by atoms with Gasteiger partial charge in [0.25, 0.3) is 0 Å². The lowest BCUT2D eigenvalue weighted by atomic mass is 9.90. The van der Waals surface area contributed by atoms with Gasteiger partial charge in [-0.1, -0.05) is 13.8 Å². The maximum Gasteiger partial charge on any atom is 0.207 e. The molecule has 0 aromatic heterocycles. The van der Waals surface area contributed by atoms with Gasteiger partial charge in [-0.05, 0) is 31.1 Å². The lowest BCUT2D eigenvalue weighted by molar-refractivity contribution is 0.128. The number of fused-ring (bicyclic) bond motifs is 1. The monoisotopic (exact) mass is 232 g/mol. The largest absolute Gasteiger partial charge is 0.394 e. The predicted molar refractivity (Wildman–Crippen MR) is 60.4 cm³/mol. The Hall–Kier alpha value is 0.150. The second kappa shape index (κ2) is 3.58. The van der Waals surface area contributed by atoms with E-state index in [9.17, 15) is 4.57 Å². The van der Waals surface area contributed by atoms with Crippen LogP contribution in [0.1, 0.15) is 33.6 Å². The minimum Gasteiger partial charge on any atom is -0.394 e. The van der Waals surface area contributed by atoms with Crippen molar-refractivity contribution in [3.05, 3.63) is 0 Å². The number of hydrogen-bond donors (Lipinski definition) is 1. The fourth-order valence-electron chi connectivity index (χ4n) is 2.80. The zero-order valence-corrected chi connectivity index (χ0v) is 10.7. The molecular formula is C11H21O3P. The first-order valence-electron chi connectivity index (χ1n) is 5.80. The summed E-state index contributed by atoms with van der Waals surface area (Å²) in [4.78, 5) is 0.